The fourth-order valence-corrected chi connectivity index (χ4v) is 3.66. The third-order valence-corrected chi connectivity index (χ3v) is 5.32. The normalized spacial score (nSPS) is 14.5. The molecule has 5 rings (SSSR count). The summed E-state index contributed by atoms with van der Waals surface area (Å²) in [5.41, 5.74) is 1.97. The fraction of sp³-hybridized carbons (Fsp3) is 0.154. The van der Waals surface area contributed by atoms with Crippen molar-refractivity contribution in [3.05, 3.63) is 83.9 Å². The minimum atomic E-state index is -0.900. The number of fused-ring (bicyclic) bond motifs is 2. The molecule has 1 atom stereocenters. The van der Waals surface area contributed by atoms with Crippen LogP contribution in [0.3, 0.4) is 0 Å². The van der Waals surface area contributed by atoms with E-state index in [9.17, 15) is 9.59 Å². The lowest BCUT2D eigenvalue weighted by molar-refractivity contribution is -0.123. The monoisotopic (exact) mass is 458 g/mol. The molecule has 0 spiro atoms. The molecule has 8 nitrogen and oxygen atoms in total. The summed E-state index contributed by atoms with van der Waals surface area (Å²) >= 11 is 0. The van der Waals surface area contributed by atoms with Gasteiger partial charge in [-0.1, -0.05) is 36.4 Å². The number of ether oxygens (including phenoxy) is 4. The topological polar surface area (TPSA) is 95.1 Å². The van der Waals surface area contributed by atoms with Gasteiger partial charge in [0.25, 0.3) is 5.91 Å². The van der Waals surface area contributed by atoms with Crippen molar-refractivity contribution in [2.24, 2.45) is 0 Å². The molecule has 2 N–H and O–H groups in total. The van der Waals surface area contributed by atoms with E-state index >= 15 is 0 Å². The smallest absolute Gasteiger partial charge is 0.251 e. The number of benzene rings is 3. The van der Waals surface area contributed by atoms with Crippen molar-refractivity contribution in [2.75, 3.05) is 25.3 Å². The summed E-state index contributed by atoms with van der Waals surface area (Å²) in [6.45, 7) is 1.11. The van der Waals surface area contributed by atoms with E-state index in [0.717, 1.165) is 5.56 Å². The third-order valence-electron chi connectivity index (χ3n) is 5.32. The lowest BCUT2D eigenvalue weighted by Crippen LogP contribution is -2.36. The molecule has 0 aliphatic carbocycles. The summed E-state index contributed by atoms with van der Waals surface area (Å²) in [4.78, 5) is 25.9. The predicted molar refractivity (Wildman–Crippen MR) is 125 cm³/mol. The summed E-state index contributed by atoms with van der Waals surface area (Å²) < 4.78 is 21.8. The van der Waals surface area contributed by atoms with Gasteiger partial charge < -0.3 is 29.6 Å². The fourth-order valence-electron chi connectivity index (χ4n) is 3.66. The summed E-state index contributed by atoms with van der Waals surface area (Å²) in [5.74, 6) is 1.70. The van der Waals surface area contributed by atoms with E-state index in [2.05, 4.69) is 10.6 Å². The number of hydrogen-bond donors (Lipinski definition) is 2. The number of rotatable bonds is 6. The number of carbonyl (C=O) groups excluding carboxylic acids is 2. The Morgan fingerprint density at radius 1 is 0.794 bits per heavy atom. The zero-order valence-electron chi connectivity index (χ0n) is 18.2. The summed E-state index contributed by atoms with van der Waals surface area (Å²) in [5, 5.41) is 5.64. The SMILES string of the molecule is O=C(C=Cc1ccc2c(c1)OCO2)NC(C(=O)Nc1ccc2c(c1)OCCO2)c1ccccc1. The van der Waals surface area contributed by atoms with Gasteiger partial charge in [0.15, 0.2) is 23.0 Å². The Kier molecular flexibility index (Phi) is 6.03. The molecule has 2 aliphatic rings. The zero-order valence-corrected chi connectivity index (χ0v) is 18.2. The lowest BCUT2D eigenvalue weighted by atomic mass is 10.1. The van der Waals surface area contributed by atoms with E-state index < -0.39 is 11.9 Å². The number of carbonyl (C=O) groups is 2. The molecule has 172 valence electrons. The quantitative estimate of drug-likeness (QED) is 0.547. The Balaban J connectivity index is 1.31. The molecular weight excluding hydrogens is 436 g/mol. The molecule has 0 saturated carbocycles. The van der Waals surface area contributed by atoms with Crippen molar-refractivity contribution in [3.8, 4) is 23.0 Å². The van der Waals surface area contributed by atoms with Crippen molar-refractivity contribution < 1.29 is 28.5 Å². The average Bonchev–Trinajstić information content (AvgIpc) is 3.34. The average molecular weight is 458 g/mol. The molecule has 0 fully saturated rings. The van der Waals surface area contributed by atoms with Crippen LogP contribution >= 0.6 is 0 Å². The van der Waals surface area contributed by atoms with E-state index in [-0.39, 0.29) is 12.7 Å². The molecule has 2 aliphatic heterocycles. The van der Waals surface area contributed by atoms with Crippen LogP contribution < -0.4 is 29.6 Å². The van der Waals surface area contributed by atoms with Gasteiger partial charge >= 0.3 is 0 Å². The van der Waals surface area contributed by atoms with E-state index in [1.54, 1.807) is 48.5 Å². The van der Waals surface area contributed by atoms with Gasteiger partial charge in [0.2, 0.25) is 12.7 Å². The van der Waals surface area contributed by atoms with Gasteiger partial charge in [-0.3, -0.25) is 9.59 Å². The second-order valence-corrected chi connectivity index (χ2v) is 7.65. The molecule has 0 saturated heterocycles. The summed E-state index contributed by atoms with van der Waals surface area (Å²) in [7, 11) is 0. The maximum atomic E-state index is 13.2. The Morgan fingerprint density at radius 2 is 1.50 bits per heavy atom. The standard InChI is InChI=1S/C26H22N2O6/c29-24(11-7-17-6-9-21-22(14-17)34-16-33-21)28-25(18-4-2-1-3-5-18)26(30)27-19-8-10-20-23(15-19)32-13-12-31-20/h1-11,14-15,25H,12-13,16H2,(H,27,30)(H,28,29). The highest BCUT2D eigenvalue weighted by Crippen LogP contribution is 2.34. The highest BCUT2D eigenvalue weighted by Gasteiger charge is 2.23. The molecule has 34 heavy (non-hydrogen) atoms. The van der Waals surface area contributed by atoms with Crippen molar-refractivity contribution >= 4 is 23.6 Å². The second-order valence-electron chi connectivity index (χ2n) is 7.65. The molecular formula is C26H22N2O6. The molecule has 0 aromatic heterocycles. The van der Waals surface area contributed by atoms with Gasteiger partial charge in [-0.2, -0.15) is 0 Å². The van der Waals surface area contributed by atoms with Crippen LogP contribution in [0.4, 0.5) is 5.69 Å². The maximum absolute atomic E-state index is 13.2. The van der Waals surface area contributed by atoms with Gasteiger partial charge in [-0.05, 0) is 41.5 Å². The number of anilines is 1. The zero-order chi connectivity index (χ0) is 23.3. The second kappa shape index (κ2) is 9.58. The van der Waals surface area contributed by atoms with Crippen LogP contribution in [0.15, 0.2) is 72.8 Å². The largest absolute Gasteiger partial charge is 0.486 e. The predicted octanol–water partition coefficient (Wildman–Crippen LogP) is 3.70. The summed E-state index contributed by atoms with van der Waals surface area (Å²) in [6, 6.07) is 18.7. The van der Waals surface area contributed by atoms with Gasteiger partial charge in [0, 0.05) is 17.8 Å². The molecule has 8 heteroatoms. The highest BCUT2D eigenvalue weighted by molar-refractivity contribution is 6.00. The molecule has 0 radical (unpaired) electrons. The summed E-state index contributed by atoms with van der Waals surface area (Å²) in [6.07, 6.45) is 3.03. The van der Waals surface area contributed by atoms with Crippen LogP contribution in [0.2, 0.25) is 0 Å². The van der Waals surface area contributed by atoms with Crippen molar-refractivity contribution in [3.63, 3.8) is 0 Å². The van der Waals surface area contributed by atoms with Crippen LogP contribution in [0, 0.1) is 0 Å². The first kappa shape index (κ1) is 21.4. The van der Waals surface area contributed by atoms with E-state index in [4.69, 9.17) is 18.9 Å². The Hall–Kier alpha value is -4.46. The van der Waals surface area contributed by atoms with Crippen molar-refractivity contribution in [1.82, 2.24) is 5.32 Å². The van der Waals surface area contributed by atoms with Crippen molar-refractivity contribution in [1.29, 1.82) is 0 Å². The van der Waals surface area contributed by atoms with Gasteiger partial charge in [-0.25, -0.2) is 0 Å². The lowest BCUT2D eigenvalue weighted by Gasteiger charge is -2.21. The third kappa shape index (κ3) is 4.80. The van der Waals surface area contributed by atoms with Crippen molar-refractivity contribution in [2.45, 2.75) is 6.04 Å². The number of hydrogen-bond acceptors (Lipinski definition) is 6. The van der Waals surface area contributed by atoms with E-state index in [0.29, 0.717) is 47.5 Å². The van der Waals surface area contributed by atoms with Crippen LogP contribution in [0.25, 0.3) is 6.08 Å². The minimum Gasteiger partial charge on any atom is -0.486 e. The van der Waals surface area contributed by atoms with Gasteiger partial charge in [0.1, 0.15) is 19.3 Å². The van der Waals surface area contributed by atoms with Gasteiger partial charge in [0.05, 0.1) is 0 Å². The van der Waals surface area contributed by atoms with E-state index in [1.165, 1.54) is 6.08 Å². The molecule has 0 bridgehead atoms. The molecule has 2 amide bonds. The number of nitrogens with one attached hydrogen (secondary N) is 2. The first-order valence-electron chi connectivity index (χ1n) is 10.8. The van der Waals surface area contributed by atoms with Crippen LogP contribution in [0.5, 0.6) is 23.0 Å². The van der Waals surface area contributed by atoms with E-state index in [1.807, 2.05) is 24.3 Å². The Morgan fingerprint density at radius 3 is 2.35 bits per heavy atom. The van der Waals surface area contributed by atoms with Crippen LogP contribution in [-0.2, 0) is 9.59 Å². The molecule has 1 unspecified atom stereocenters. The minimum absolute atomic E-state index is 0.181. The van der Waals surface area contributed by atoms with Gasteiger partial charge in [-0.15, -0.1) is 0 Å². The Labute approximate surface area is 196 Å². The first-order chi connectivity index (χ1) is 16.7. The van der Waals surface area contributed by atoms with Crippen LogP contribution in [-0.4, -0.2) is 31.8 Å². The molecule has 3 aromatic rings. The molecule has 2 heterocycles. The molecule has 3 aromatic carbocycles. The first-order valence-corrected chi connectivity index (χ1v) is 10.8. The number of amides is 2. The van der Waals surface area contributed by atoms with Crippen LogP contribution in [0.1, 0.15) is 17.2 Å². The Bertz CT molecular complexity index is 1240. The highest BCUT2D eigenvalue weighted by atomic mass is 16.7. The maximum Gasteiger partial charge on any atom is 0.251 e.